The summed E-state index contributed by atoms with van der Waals surface area (Å²) in [7, 11) is 4.05. The summed E-state index contributed by atoms with van der Waals surface area (Å²) >= 11 is 0. The molecule has 1 N–H and O–H groups in total. The molecule has 0 spiro atoms. The normalized spacial score (nSPS) is 12.5. The van der Waals surface area contributed by atoms with Crippen molar-refractivity contribution in [1.29, 1.82) is 0 Å². The van der Waals surface area contributed by atoms with Gasteiger partial charge in [-0.25, -0.2) is 9.50 Å². The Hall–Kier alpha value is -2.80. The zero-order valence-corrected chi connectivity index (χ0v) is 16.3. The van der Waals surface area contributed by atoms with E-state index in [2.05, 4.69) is 37.4 Å². The van der Waals surface area contributed by atoms with Crippen LogP contribution in [0, 0.1) is 13.8 Å². The van der Waals surface area contributed by atoms with Crippen LogP contribution in [0.5, 0.6) is 0 Å². The van der Waals surface area contributed by atoms with E-state index in [1.807, 2.05) is 46.1 Å². The zero-order valence-electron chi connectivity index (χ0n) is 16.3. The minimum absolute atomic E-state index is 0.0373. The molecule has 0 aliphatic carbocycles. The molecule has 1 atom stereocenters. The lowest BCUT2D eigenvalue weighted by Gasteiger charge is -2.25. The highest BCUT2D eigenvalue weighted by molar-refractivity contribution is 5.76. The molecule has 0 radical (unpaired) electrons. The van der Waals surface area contributed by atoms with Gasteiger partial charge < -0.3 is 10.2 Å². The third-order valence-corrected chi connectivity index (χ3v) is 4.89. The van der Waals surface area contributed by atoms with Crippen molar-refractivity contribution in [3.63, 3.8) is 0 Å². The maximum atomic E-state index is 12.4. The molecule has 1 aromatic carbocycles. The Bertz CT molecular complexity index is 919. The summed E-state index contributed by atoms with van der Waals surface area (Å²) in [5, 5.41) is 7.26. The lowest BCUT2D eigenvalue weighted by Crippen LogP contribution is -2.34. The predicted molar refractivity (Wildman–Crippen MR) is 104 cm³/mol. The van der Waals surface area contributed by atoms with Crippen LogP contribution in [0.3, 0.4) is 0 Å². The fraction of sp³-hybridized carbons (Fsp3) is 0.400. The summed E-state index contributed by atoms with van der Waals surface area (Å²) < 4.78 is 1.72. The second-order valence-corrected chi connectivity index (χ2v) is 6.93. The molecular weight excluding hydrogens is 340 g/mol. The zero-order chi connectivity index (χ0) is 19.4. The van der Waals surface area contributed by atoms with E-state index in [1.165, 1.54) is 11.9 Å². The maximum Gasteiger partial charge on any atom is 0.252 e. The number of rotatable bonds is 7. The highest BCUT2D eigenvalue weighted by Crippen LogP contribution is 2.17. The van der Waals surface area contributed by atoms with Gasteiger partial charge in [0.2, 0.25) is 5.91 Å². The quantitative estimate of drug-likeness (QED) is 0.693. The Morgan fingerprint density at radius 2 is 1.96 bits per heavy atom. The van der Waals surface area contributed by atoms with Gasteiger partial charge in [0, 0.05) is 24.4 Å². The lowest BCUT2D eigenvalue weighted by molar-refractivity contribution is -0.121. The molecule has 0 fully saturated rings. The summed E-state index contributed by atoms with van der Waals surface area (Å²) in [4.78, 5) is 23.1. The topological polar surface area (TPSA) is 75.4 Å². The van der Waals surface area contributed by atoms with Crippen molar-refractivity contribution < 1.29 is 4.79 Å². The van der Waals surface area contributed by atoms with Gasteiger partial charge in [-0.05, 0) is 45.5 Å². The van der Waals surface area contributed by atoms with Gasteiger partial charge >= 0.3 is 0 Å². The molecule has 0 unspecified atom stereocenters. The molecule has 3 rings (SSSR count). The average Bonchev–Trinajstić information content (AvgIpc) is 3.11. The van der Waals surface area contributed by atoms with Gasteiger partial charge in [0.15, 0.2) is 0 Å². The van der Waals surface area contributed by atoms with Crippen LogP contribution in [-0.2, 0) is 11.2 Å². The molecule has 7 heteroatoms. The molecule has 2 aromatic heterocycles. The second kappa shape index (κ2) is 8.26. The number of benzene rings is 1. The third kappa shape index (κ3) is 4.31. The van der Waals surface area contributed by atoms with Crippen molar-refractivity contribution in [2.24, 2.45) is 0 Å². The van der Waals surface area contributed by atoms with Gasteiger partial charge in [0.25, 0.3) is 5.78 Å². The van der Waals surface area contributed by atoms with Crippen molar-refractivity contribution in [3.8, 4) is 0 Å². The number of amides is 1. The van der Waals surface area contributed by atoms with Gasteiger partial charge in [-0.2, -0.15) is 10.1 Å². The first-order chi connectivity index (χ1) is 13.0. The van der Waals surface area contributed by atoms with E-state index in [0.29, 0.717) is 25.2 Å². The van der Waals surface area contributed by atoms with E-state index in [-0.39, 0.29) is 11.9 Å². The third-order valence-electron chi connectivity index (χ3n) is 4.89. The Morgan fingerprint density at radius 3 is 2.67 bits per heavy atom. The lowest BCUT2D eigenvalue weighted by atomic mass is 10.0. The molecular formula is C20H26N6O. The Balaban J connectivity index is 1.61. The minimum Gasteiger partial charge on any atom is -0.354 e. The van der Waals surface area contributed by atoms with Gasteiger partial charge in [0.05, 0.1) is 6.04 Å². The van der Waals surface area contributed by atoms with E-state index in [9.17, 15) is 4.79 Å². The molecule has 3 aromatic rings. The highest BCUT2D eigenvalue weighted by Gasteiger charge is 2.16. The van der Waals surface area contributed by atoms with E-state index < -0.39 is 0 Å². The molecule has 2 heterocycles. The smallest absolute Gasteiger partial charge is 0.252 e. The van der Waals surface area contributed by atoms with Crippen LogP contribution < -0.4 is 5.32 Å². The fourth-order valence-corrected chi connectivity index (χ4v) is 3.33. The monoisotopic (exact) mass is 366 g/mol. The first-order valence-corrected chi connectivity index (χ1v) is 9.11. The SMILES string of the molecule is Cc1nc2ncnn2c(C)c1CCC(=O)NC[C@H](c1ccccc1)N(C)C. The number of hydrogen-bond donors (Lipinski definition) is 1. The number of carbonyl (C=O) groups excluding carboxylic acids is 1. The highest BCUT2D eigenvalue weighted by atomic mass is 16.1. The number of nitrogens with one attached hydrogen (secondary N) is 1. The molecule has 0 bridgehead atoms. The summed E-state index contributed by atoms with van der Waals surface area (Å²) in [5.74, 6) is 0.630. The van der Waals surface area contributed by atoms with Crippen LogP contribution in [0.2, 0.25) is 0 Å². The van der Waals surface area contributed by atoms with Crippen LogP contribution in [0.15, 0.2) is 36.7 Å². The van der Waals surface area contributed by atoms with Crippen LogP contribution in [-0.4, -0.2) is 51.0 Å². The summed E-state index contributed by atoms with van der Waals surface area (Å²) in [5.41, 5.74) is 4.13. The summed E-state index contributed by atoms with van der Waals surface area (Å²) in [6.07, 6.45) is 2.54. The minimum atomic E-state index is 0.0373. The number of aryl methyl sites for hydroxylation is 2. The van der Waals surface area contributed by atoms with E-state index in [4.69, 9.17) is 0 Å². The number of carbonyl (C=O) groups is 1. The summed E-state index contributed by atoms with van der Waals surface area (Å²) in [6.45, 7) is 4.52. The van der Waals surface area contributed by atoms with Crippen LogP contribution in [0.1, 0.15) is 35.0 Å². The first-order valence-electron chi connectivity index (χ1n) is 9.11. The standard InChI is InChI=1S/C20H26N6O/c1-14-17(15(2)26-20(24-14)22-13-23-26)10-11-19(27)21-12-18(25(3)4)16-8-6-5-7-9-16/h5-9,13,18H,10-12H2,1-4H3,(H,21,27)/t18-/m1/s1. The number of aromatic nitrogens is 4. The summed E-state index contributed by atoms with van der Waals surface area (Å²) in [6, 6.07) is 10.4. The van der Waals surface area contributed by atoms with Gasteiger partial charge in [-0.3, -0.25) is 4.79 Å². The van der Waals surface area contributed by atoms with Crippen molar-refractivity contribution in [2.75, 3.05) is 20.6 Å². The molecule has 0 saturated heterocycles. The molecule has 1 amide bonds. The number of nitrogens with zero attached hydrogens (tertiary/aromatic N) is 5. The Morgan fingerprint density at radius 1 is 1.22 bits per heavy atom. The fourth-order valence-electron chi connectivity index (χ4n) is 3.33. The Kier molecular flexibility index (Phi) is 5.81. The number of likely N-dealkylation sites (N-methyl/N-ethyl adjacent to an activating group) is 1. The molecule has 142 valence electrons. The van der Waals surface area contributed by atoms with Gasteiger partial charge in [-0.15, -0.1) is 0 Å². The Labute approximate surface area is 159 Å². The largest absolute Gasteiger partial charge is 0.354 e. The van der Waals surface area contributed by atoms with Crippen molar-refractivity contribution in [1.82, 2.24) is 29.8 Å². The van der Waals surface area contributed by atoms with Crippen molar-refractivity contribution in [2.45, 2.75) is 32.7 Å². The van der Waals surface area contributed by atoms with Crippen LogP contribution in [0.25, 0.3) is 5.78 Å². The van der Waals surface area contributed by atoms with Crippen molar-refractivity contribution >= 4 is 11.7 Å². The molecule has 0 aliphatic heterocycles. The van der Waals surface area contributed by atoms with Crippen LogP contribution in [0.4, 0.5) is 0 Å². The predicted octanol–water partition coefficient (Wildman–Crippen LogP) is 2.09. The molecule has 0 saturated carbocycles. The molecule has 7 nitrogen and oxygen atoms in total. The number of hydrogen-bond acceptors (Lipinski definition) is 5. The molecule has 27 heavy (non-hydrogen) atoms. The number of fused-ring (bicyclic) bond motifs is 1. The average molecular weight is 366 g/mol. The van der Waals surface area contributed by atoms with Crippen molar-refractivity contribution in [3.05, 3.63) is 59.2 Å². The van der Waals surface area contributed by atoms with E-state index in [0.717, 1.165) is 17.0 Å². The second-order valence-electron chi connectivity index (χ2n) is 6.93. The molecule has 0 aliphatic rings. The maximum absolute atomic E-state index is 12.4. The van der Waals surface area contributed by atoms with Crippen LogP contribution >= 0.6 is 0 Å². The van der Waals surface area contributed by atoms with E-state index in [1.54, 1.807) is 4.52 Å². The van der Waals surface area contributed by atoms with Gasteiger partial charge in [0.1, 0.15) is 6.33 Å². The van der Waals surface area contributed by atoms with E-state index >= 15 is 0 Å². The first kappa shape index (κ1) is 19.0. The van der Waals surface area contributed by atoms with Gasteiger partial charge in [-0.1, -0.05) is 30.3 Å².